The second-order valence-electron chi connectivity index (χ2n) is 5.87. The lowest BCUT2D eigenvalue weighted by Gasteiger charge is -2.45. The van der Waals surface area contributed by atoms with E-state index in [1.807, 2.05) is 0 Å². The maximum absolute atomic E-state index is 14.6. The third-order valence-corrected chi connectivity index (χ3v) is 4.23. The van der Waals surface area contributed by atoms with E-state index in [0.717, 1.165) is 0 Å². The zero-order valence-corrected chi connectivity index (χ0v) is 12.3. The van der Waals surface area contributed by atoms with E-state index in [2.05, 4.69) is 0 Å². The Labute approximate surface area is 136 Å². The summed E-state index contributed by atoms with van der Waals surface area (Å²) in [5.41, 5.74) is -6.03. The summed E-state index contributed by atoms with van der Waals surface area (Å²) in [5.74, 6) is -25.5. The average Bonchev–Trinajstić information content (AvgIpc) is 2.97. The molecule has 2 atom stereocenters. The minimum absolute atomic E-state index is 0.335. The van der Waals surface area contributed by atoms with Gasteiger partial charge in [-0.25, -0.2) is 8.78 Å². The van der Waals surface area contributed by atoms with Gasteiger partial charge in [0.1, 0.15) is 0 Å². The predicted octanol–water partition coefficient (Wildman–Crippen LogP) is 6.25. The van der Waals surface area contributed by atoms with Gasteiger partial charge in [-0.3, -0.25) is 0 Å². The molecule has 1 saturated carbocycles. The molecule has 0 aromatic heterocycles. The Balaban J connectivity index is 3.62. The molecule has 0 N–H and O–H groups in total. The molecule has 26 heavy (non-hydrogen) atoms. The Kier molecular flexibility index (Phi) is 5.57. The van der Waals surface area contributed by atoms with Crippen molar-refractivity contribution in [1.29, 1.82) is 0 Å². The van der Waals surface area contributed by atoms with Crippen LogP contribution in [0.25, 0.3) is 0 Å². The fourth-order valence-corrected chi connectivity index (χ4v) is 2.82. The van der Waals surface area contributed by atoms with Crippen LogP contribution in [-0.4, -0.2) is 42.0 Å². The van der Waals surface area contributed by atoms with Crippen molar-refractivity contribution in [3.8, 4) is 0 Å². The molecule has 1 fully saturated rings. The SMILES string of the molecule is FC(C(F)(F)F)C(F)(C1CCCC1)C(F)(F)C(F)(F)C(F)(F)C(F)(F)F. The van der Waals surface area contributed by atoms with Crippen LogP contribution in [0.15, 0.2) is 0 Å². The molecule has 1 aliphatic carbocycles. The second-order valence-corrected chi connectivity index (χ2v) is 5.87. The quantitative estimate of drug-likeness (QED) is 0.461. The van der Waals surface area contributed by atoms with Crippen LogP contribution >= 0.6 is 0 Å². The molecule has 0 amide bonds. The molecule has 0 aromatic rings. The minimum atomic E-state index is -7.69. The number of hydrogen-bond donors (Lipinski definition) is 0. The minimum Gasteiger partial charge on any atom is -0.234 e. The summed E-state index contributed by atoms with van der Waals surface area (Å²) < 4.78 is 182. The van der Waals surface area contributed by atoms with Gasteiger partial charge in [-0.2, -0.15) is 52.7 Å². The summed E-state index contributed by atoms with van der Waals surface area (Å²) in [6, 6.07) is 0. The summed E-state index contributed by atoms with van der Waals surface area (Å²) in [5, 5.41) is 0. The highest BCUT2D eigenvalue weighted by Gasteiger charge is 2.89. The van der Waals surface area contributed by atoms with E-state index in [9.17, 15) is 61.5 Å². The molecule has 0 aromatic carbocycles. The molecule has 1 aliphatic rings. The Morgan fingerprint density at radius 1 is 0.577 bits per heavy atom. The third-order valence-electron chi connectivity index (χ3n) is 4.23. The summed E-state index contributed by atoms with van der Waals surface area (Å²) >= 11 is 0. The summed E-state index contributed by atoms with van der Waals surface area (Å²) in [7, 11) is 0. The molecule has 14 heteroatoms. The maximum atomic E-state index is 14.6. The van der Waals surface area contributed by atoms with Crippen molar-refractivity contribution in [2.45, 2.75) is 67.6 Å². The van der Waals surface area contributed by atoms with Gasteiger partial charge < -0.3 is 0 Å². The molecule has 156 valence electrons. The van der Waals surface area contributed by atoms with Gasteiger partial charge >= 0.3 is 30.1 Å². The lowest BCUT2D eigenvalue weighted by molar-refractivity contribution is -0.423. The van der Waals surface area contributed by atoms with Crippen LogP contribution < -0.4 is 0 Å². The van der Waals surface area contributed by atoms with Crippen LogP contribution in [-0.2, 0) is 0 Å². The first kappa shape index (κ1) is 23.1. The number of halogens is 14. The van der Waals surface area contributed by atoms with Crippen LogP contribution in [0.2, 0.25) is 0 Å². The molecule has 0 nitrogen and oxygen atoms in total. The smallest absolute Gasteiger partial charge is 0.234 e. The van der Waals surface area contributed by atoms with Crippen LogP contribution in [0.3, 0.4) is 0 Å². The molecule has 2 unspecified atom stereocenters. The first-order valence-electron chi connectivity index (χ1n) is 6.86. The van der Waals surface area contributed by atoms with Gasteiger partial charge in [-0.1, -0.05) is 12.8 Å². The Hall–Kier alpha value is -0.980. The van der Waals surface area contributed by atoms with E-state index in [4.69, 9.17) is 0 Å². The fraction of sp³-hybridized carbons (Fsp3) is 1.00. The standard InChI is InChI=1S/C12H10F14/c13-6(8(15,16)17)7(14,5-3-1-2-4-5)9(18,19)10(20,21)11(22,23)12(24,25)26/h5-6H,1-4H2. The molecular formula is C12H10F14. The van der Waals surface area contributed by atoms with Gasteiger partial charge in [0.05, 0.1) is 0 Å². The molecule has 0 aliphatic heterocycles. The highest BCUT2D eigenvalue weighted by Crippen LogP contribution is 2.62. The van der Waals surface area contributed by atoms with E-state index >= 15 is 0 Å². The number of rotatable bonds is 5. The van der Waals surface area contributed by atoms with Gasteiger partial charge in [0.15, 0.2) is 0 Å². The van der Waals surface area contributed by atoms with Crippen LogP contribution in [0.5, 0.6) is 0 Å². The monoisotopic (exact) mass is 420 g/mol. The summed E-state index contributed by atoms with van der Waals surface area (Å²) in [4.78, 5) is 0. The molecular weight excluding hydrogens is 410 g/mol. The highest BCUT2D eigenvalue weighted by atomic mass is 19.4. The van der Waals surface area contributed by atoms with Crippen molar-refractivity contribution in [3.63, 3.8) is 0 Å². The van der Waals surface area contributed by atoms with Crippen LogP contribution in [0.4, 0.5) is 61.5 Å². The zero-order valence-electron chi connectivity index (χ0n) is 12.3. The summed E-state index contributed by atoms with van der Waals surface area (Å²) in [6.45, 7) is 0. The first-order valence-corrected chi connectivity index (χ1v) is 6.86. The van der Waals surface area contributed by atoms with Crippen molar-refractivity contribution in [2.24, 2.45) is 5.92 Å². The van der Waals surface area contributed by atoms with Crippen LogP contribution in [0, 0.1) is 5.92 Å². The fourth-order valence-electron chi connectivity index (χ4n) is 2.82. The normalized spacial score (nSPS) is 22.4. The molecule has 0 heterocycles. The number of hydrogen-bond acceptors (Lipinski definition) is 0. The van der Waals surface area contributed by atoms with E-state index in [-0.39, 0.29) is 12.8 Å². The van der Waals surface area contributed by atoms with Gasteiger partial charge in [0.2, 0.25) is 11.8 Å². The Bertz CT molecular complexity index is 497. The van der Waals surface area contributed by atoms with E-state index in [0.29, 0.717) is 0 Å². The molecule has 0 bridgehead atoms. The van der Waals surface area contributed by atoms with Gasteiger partial charge in [0, 0.05) is 5.92 Å². The lowest BCUT2D eigenvalue weighted by Crippen LogP contribution is -2.72. The molecule has 1 rings (SSSR count). The number of alkyl halides is 14. The van der Waals surface area contributed by atoms with E-state index in [1.165, 1.54) is 0 Å². The van der Waals surface area contributed by atoms with E-state index < -0.39 is 60.7 Å². The van der Waals surface area contributed by atoms with Crippen molar-refractivity contribution in [2.75, 3.05) is 0 Å². The van der Waals surface area contributed by atoms with Crippen molar-refractivity contribution in [3.05, 3.63) is 0 Å². The van der Waals surface area contributed by atoms with Crippen molar-refractivity contribution < 1.29 is 61.5 Å². The largest absolute Gasteiger partial charge is 0.460 e. The topological polar surface area (TPSA) is 0 Å². The second kappa shape index (κ2) is 6.28. The average molecular weight is 420 g/mol. The predicted molar refractivity (Wildman–Crippen MR) is 57.6 cm³/mol. The summed E-state index contributed by atoms with van der Waals surface area (Å²) in [6.07, 6.45) is -22.1. The van der Waals surface area contributed by atoms with Crippen molar-refractivity contribution >= 4 is 0 Å². The van der Waals surface area contributed by atoms with Gasteiger partial charge in [0.25, 0.3) is 0 Å². The maximum Gasteiger partial charge on any atom is 0.460 e. The van der Waals surface area contributed by atoms with Gasteiger partial charge in [-0.15, -0.1) is 0 Å². The molecule has 0 spiro atoms. The molecule has 0 saturated heterocycles. The Morgan fingerprint density at radius 2 is 0.962 bits per heavy atom. The Morgan fingerprint density at radius 3 is 1.27 bits per heavy atom. The lowest BCUT2D eigenvalue weighted by atomic mass is 9.75. The zero-order chi connectivity index (χ0) is 21.0. The van der Waals surface area contributed by atoms with Crippen LogP contribution in [0.1, 0.15) is 25.7 Å². The molecule has 0 radical (unpaired) electrons. The first-order chi connectivity index (χ1) is 11.3. The third kappa shape index (κ3) is 3.10. The van der Waals surface area contributed by atoms with Gasteiger partial charge in [-0.05, 0) is 12.8 Å². The van der Waals surface area contributed by atoms with E-state index in [1.54, 1.807) is 0 Å². The van der Waals surface area contributed by atoms with Crippen molar-refractivity contribution in [1.82, 2.24) is 0 Å². The highest BCUT2D eigenvalue weighted by molar-refractivity contribution is 5.16.